The van der Waals surface area contributed by atoms with E-state index < -0.39 is 56.1 Å². The maximum atomic E-state index is 12.4. The number of thiazole rings is 1. The summed E-state index contributed by atoms with van der Waals surface area (Å²) < 4.78 is 37.9. The van der Waals surface area contributed by atoms with Crippen LogP contribution in [0.2, 0.25) is 0 Å². The van der Waals surface area contributed by atoms with Crippen molar-refractivity contribution in [3.8, 4) is 0 Å². The van der Waals surface area contributed by atoms with Crippen LogP contribution < -0.4 is 16.4 Å². The van der Waals surface area contributed by atoms with Crippen molar-refractivity contribution in [3.63, 3.8) is 0 Å². The molecule has 1 aliphatic rings. The van der Waals surface area contributed by atoms with Crippen LogP contribution in [-0.2, 0) is 47.3 Å². The minimum absolute atomic E-state index is 0.00172. The Bertz CT molecular complexity index is 1550. The number of nitro groups is 1. The van der Waals surface area contributed by atoms with Gasteiger partial charge in [0.2, 0.25) is 5.60 Å². The lowest BCUT2D eigenvalue weighted by Gasteiger charge is -2.43. The first-order valence-electron chi connectivity index (χ1n) is 12.1. The molecule has 0 bridgehead atoms. The number of nitrogens with zero attached hydrogens (tertiary/aromatic N) is 4. The first kappa shape index (κ1) is 34.0. The lowest BCUT2D eigenvalue weighted by Crippen LogP contribution is -2.70. The number of non-ortho nitro benzene ring substituents is 1. The molecule has 19 nitrogen and oxygen atoms in total. The average Bonchev–Trinajstić information content (AvgIpc) is 3.35. The second-order valence-electron chi connectivity index (χ2n) is 9.00. The zero-order chi connectivity index (χ0) is 32.7. The highest BCUT2D eigenvalue weighted by atomic mass is 32.2. The van der Waals surface area contributed by atoms with Crippen LogP contribution in [0.3, 0.4) is 0 Å². The zero-order valence-electron chi connectivity index (χ0n) is 22.5. The molecule has 0 saturated carbocycles. The predicted octanol–water partition coefficient (Wildman–Crippen LogP) is 0.137. The minimum Gasteiger partial charge on any atom is -0.478 e. The van der Waals surface area contributed by atoms with Crippen LogP contribution in [0.4, 0.5) is 15.6 Å². The number of carboxylic acid groups (broad SMARTS) is 1. The average molecular weight is 676 g/mol. The number of carbonyl (C=O) groups is 4. The molecule has 1 fully saturated rings. The van der Waals surface area contributed by atoms with Gasteiger partial charge in [0.1, 0.15) is 24.2 Å². The van der Waals surface area contributed by atoms with E-state index in [-0.39, 0.29) is 40.4 Å². The van der Waals surface area contributed by atoms with Crippen LogP contribution >= 0.6 is 23.1 Å². The number of rotatable bonds is 15. The number of hydrogen-bond acceptors (Lipinski definition) is 15. The summed E-state index contributed by atoms with van der Waals surface area (Å²) in [7, 11) is -4.99. The smallest absolute Gasteiger partial charge is 0.407 e. The van der Waals surface area contributed by atoms with Gasteiger partial charge in [0, 0.05) is 36.2 Å². The number of β-lactam (4-membered cyclic amide) rings is 1. The number of aromatic nitrogens is 1. The molecule has 1 saturated heterocycles. The maximum Gasteiger partial charge on any atom is 0.407 e. The second-order valence-corrected chi connectivity index (χ2v) is 12.4. The Balaban J connectivity index is 1.50. The molecule has 0 radical (unpaired) electrons. The van der Waals surface area contributed by atoms with Gasteiger partial charge in [0.15, 0.2) is 5.13 Å². The Morgan fingerprint density at radius 2 is 2.02 bits per heavy atom. The molecule has 1 aliphatic heterocycles. The Labute approximate surface area is 256 Å². The summed E-state index contributed by atoms with van der Waals surface area (Å²) in [6, 6.07) is 3.88. The molecule has 3 rings (SSSR count). The number of carbonyl (C=O) groups excluding carboxylic acids is 3. The summed E-state index contributed by atoms with van der Waals surface area (Å²) >= 11 is 1.88. The predicted molar refractivity (Wildman–Crippen MR) is 154 cm³/mol. The molecule has 1 aromatic carbocycles. The molecule has 44 heavy (non-hydrogen) atoms. The fraction of sp³-hybridized carbons (Fsp3) is 0.364. The summed E-state index contributed by atoms with van der Waals surface area (Å²) in [6.45, 7) is 0.920. The van der Waals surface area contributed by atoms with E-state index in [2.05, 4.69) is 20.8 Å². The fourth-order valence-electron chi connectivity index (χ4n) is 3.50. The summed E-state index contributed by atoms with van der Waals surface area (Å²) in [5, 5.41) is 28.6. The van der Waals surface area contributed by atoms with Crippen molar-refractivity contribution in [2.45, 2.75) is 37.0 Å². The van der Waals surface area contributed by atoms with E-state index in [0.29, 0.717) is 17.5 Å². The van der Waals surface area contributed by atoms with E-state index >= 15 is 0 Å². The van der Waals surface area contributed by atoms with Crippen LogP contribution in [0.25, 0.3) is 0 Å². The number of nitrogens with two attached hydrogens (primary N) is 1. The first-order valence-corrected chi connectivity index (χ1v) is 15.4. The third-order valence-corrected chi connectivity index (χ3v) is 8.71. The van der Waals surface area contributed by atoms with Crippen LogP contribution in [0.15, 0.2) is 34.8 Å². The molecule has 2 heterocycles. The van der Waals surface area contributed by atoms with E-state index in [1.54, 1.807) is 0 Å². The van der Waals surface area contributed by atoms with Crippen molar-refractivity contribution in [3.05, 3.63) is 51.0 Å². The molecule has 0 spiro atoms. The maximum absolute atomic E-state index is 12.4. The van der Waals surface area contributed by atoms with E-state index in [1.807, 2.05) is 0 Å². The number of anilines is 1. The largest absolute Gasteiger partial charge is 0.478 e. The molecule has 22 heteroatoms. The summed E-state index contributed by atoms with van der Waals surface area (Å²) in [4.78, 5) is 67.5. The molecule has 3 amide bonds. The van der Waals surface area contributed by atoms with Gasteiger partial charge >= 0.3 is 22.4 Å². The molecule has 238 valence electrons. The van der Waals surface area contributed by atoms with Crippen molar-refractivity contribution >= 4 is 74.3 Å². The highest BCUT2D eigenvalue weighted by Gasteiger charge is 2.54. The second kappa shape index (κ2) is 14.3. The van der Waals surface area contributed by atoms with Gasteiger partial charge in [0.05, 0.1) is 10.6 Å². The van der Waals surface area contributed by atoms with Gasteiger partial charge in [0.25, 0.3) is 17.5 Å². The van der Waals surface area contributed by atoms with E-state index in [4.69, 9.17) is 15.3 Å². The van der Waals surface area contributed by atoms with Gasteiger partial charge in [-0.25, -0.2) is 14.6 Å². The van der Waals surface area contributed by atoms with E-state index in [9.17, 15) is 47.4 Å². The molecule has 2 aromatic rings. The van der Waals surface area contributed by atoms with Gasteiger partial charge in [-0.2, -0.15) is 12.7 Å². The number of oxime groups is 1. The first-order chi connectivity index (χ1) is 20.6. The van der Waals surface area contributed by atoms with Crippen LogP contribution in [-0.4, -0.2) is 91.7 Å². The quantitative estimate of drug-likeness (QED) is 0.0419. The van der Waals surface area contributed by atoms with Gasteiger partial charge in [-0.05, 0) is 24.6 Å². The highest BCUT2D eigenvalue weighted by Crippen LogP contribution is 2.32. The fourth-order valence-corrected chi connectivity index (χ4v) is 6.38. The third kappa shape index (κ3) is 8.98. The molecule has 6 N–H and O–H groups in total. The van der Waals surface area contributed by atoms with Crippen molar-refractivity contribution in [2.75, 3.05) is 18.0 Å². The Morgan fingerprint density at radius 3 is 2.59 bits per heavy atom. The number of hydrogen-bond donors (Lipinski definition) is 5. The number of benzene rings is 1. The number of alkyl carbamates (subject to hydrolysis) is 1. The number of aliphatic carboxylic acids is 1. The van der Waals surface area contributed by atoms with Crippen molar-refractivity contribution in [2.24, 2.45) is 5.16 Å². The van der Waals surface area contributed by atoms with Gasteiger partial charge in [-0.15, -0.1) is 23.1 Å². The lowest BCUT2D eigenvalue weighted by molar-refractivity contribution is -0.384. The van der Waals surface area contributed by atoms with E-state index in [0.717, 1.165) is 23.1 Å². The van der Waals surface area contributed by atoms with Gasteiger partial charge in [-0.1, -0.05) is 5.16 Å². The van der Waals surface area contributed by atoms with Gasteiger partial charge in [-0.3, -0.25) is 24.3 Å². The van der Waals surface area contributed by atoms with Crippen LogP contribution in [0.5, 0.6) is 0 Å². The number of ether oxygens (including phenoxy) is 1. The summed E-state index contributed by atoms with van der Waals surface area (Å²) in [6.07, 6.45) is -0.547. The third-order valence-electron chi connectivity index (χ3n) is 5.69. The van der Waals surface area contributed by atoms with Crippen molar-refractivity contribution in [1.29, 1.82) is 0 Å². The number of nitrogens with one attached hydrogen (secondary N) is 2. The van der Waals surface area contributed by atoms with Crippen molar-refractivity contribution < 1.29 is 51.8 Å². The molecule has 1 aromatic heterocycles. The van der Waals surface area contributed by atoms with Gasteiger partial charge < -0.3 is 31.0 Å². The molecule has 1 unspecified atom stereocenters. The summed E-state index contributed by atoms with van der Waals surface area (Å²) in [5.74, 6) is -3.61. The number of nitrogen functional groups attached to an aromatic ring is 1. The Hall–Kier alpha value is -4.54. The lowest BCUT2D eigenvalue weighted by atomic mass is 10.0. The van der Waals surface area contributed by atoms with E-state index in [1.165, 1.54) is 36.6 Å². The number of carboxylic acids is 1. The zero-order valence-corrected chi connectivity index (χ0v) is 25.0. The van der Waals surface area contributed by atoms with Crippen molar-refractivity contribution in [1.82, 2.24) is 19.9 Å². The molecular formula is C22H25N7O12S3. The Morgan fingerprint density at radius 1 is 1.34 bits per heavy atom. The topological polar surface area (TPSA) is 283 Å². The normalized spacial score (nSPS) is 17.8. The number of amides is 3. The minimum atomic E-state index is -4.99. The monoisotopic (exact) mass is 675 g/mol. The standard InChI is InChI=1S/C22H25N7O12S3/c1-22(19(32)33,8-13-11-43-20(23)26-13)41-25-9-15(30)27-16-17(31)28(44(37,38)39)18(16)42-7-6-24-21(34)40-10-12-2-4-14(5-3-12)29(35)36/h2-5,9,11,16,18H,6-8,10H2,1H3,(H2,23,26)(H,24,34)(H,27,30)(H,32,33)(H,37,38,39)/t16-,18-,22?/m1/s1. The molecular weight excluding hydrogens is 650 g/mol. The van der Waals surface area contributed by atoms with Crippen LogP contribution in [0, 0.1) is 10.1 Å². The Kier molecular flexibility index (Phi) is 11.0. The number of thioether (sulfide) groups is 1. The SMILES string of the molecule is CC(Cc1csc(N)n1)(ON=CC(=O)N[C@@H]1C(=O)N(S(=O)(=O)O)[C@@H]1SCCNC(=O)OCc1ccc([N+](=O)[O-])cc1)C(=O)O. The highest BCUT2D eigenvalue weighted by molar-refractivity contribution is 8.00. The summed E-state index contributed by atoms with van der Waals surface area (Å²) in [5.41, 5.74) is 4.28. The number of nitro benzene ring substituents is 1. The van der Waals surface area contributed by atoms with Crippen LogP contribution in [0.1, 0.15) is 18.2 Å². The molecule has 3 atom stereocenters. The molecule has 0 aliphatic carbocycles.